The second kappa shape index (κ2) is 7.50. The van der Waals surface area contributed by atoms with E-state index < -0.39 is 0 Å². The lowest BCUT2D eigenvalue weighted by molar-refractivity contribution is 0.179. The molecule has 0 radical (unpaired) electrons. The average Bonchev–Trinajstić information content (AvgIpc) is 2.91. The molecule has 2 aliphatic heterocycles. The first kappa shape index (κ1) is 16.5. The molecule has 0 amide bonds. The van der Waals surface area contributed by atoms with Crippen LogP contribution in [0.1, 0.15) is 31.7 Å². The lowest BCUT2D eigenvalue weighted by Crippen LogP contribution is -2.38. The summed E-state index contributed by atoms with van der Waals surface area (Å²) < 4.78 is 5.73. The molecular formula is C20H26N4O. The summed E-state index contributed by atoms with van der Waals surface area (Å²) in [6, 6.07) is 9.87. The van der Waals surface area contributed by atoms with Gasteiger partial charge < -0.3 is 9.64 Å². The lowest BCUT2D eigenvalue weighted by atomic mass is 10.1. The molecule has 5 nitrogen and oxygen atoms in total. The summed E-state index contributed by atoms with van der Waals surface area (Å²) in [6.07, 6.45) is 8.91. The fraction of sp³-hybridized carbons (Fsp3) is 0.500. The number of benzene rings is 1. The summed E-state index contributed by atoms with van der Waals surface area (Å²) in [5.74, 6) is 1.33. The van der Waals surface area contributed by atoms with Crippen LogP contribution in [0.2, 0.25) is 0 Å². The van der Waals surface area contributed by atoms with Gasteiger partial charge in [0.05, 0.1) is 6.20 Å². The summed E-state index contributed by atoms with van der Waals surface area (Å²) in [5.41, 5.74) is 1.35. The summed E-state index contributed by atoms with van der Waals surface area (Å²) in [5, 5.41) is 0. The first-order chi connectivity index (χ1) is 12.3. The highest BCUT2D eigenvalue weighted by Crippen LogP contribution is 2.32. The van der Waals surface area contributed by atoms with Crippen molar-refractivity contribution in [1.29, 1.82) is 0 Å². The van der Waals surface area contributed by atoms with Gasteiger partial charge in [-0.1, -0.05) is 19.1 Å². The van der Waals surface area contributed by atoms with Crippen LogP contribution in [0, 0.1) is 0 Å². The van der Waals surface area contributed by atoms with Crippen molar-refractivity contribution in [3.8, 4) is 11.6 Å². The minimum absolute atomic E-state index is 0.528. The van der Waals surface area contributed by atoms with E-state index in [9.17, 15) is 0 Å². The molecule has 1 aromatic carbocycles. The molecule has 2 aromatic rings. The topological polar surface area (TPSA) is 41.5 Å². The van der Waals surface area contributed by atoms with Gasteiger partial charge in [-0.15, -0.1) is 0 Å². The first-order valence-corrected chi connectivity index (χ1v) is 9.32. The average molecular weight is 338 g/mol. The van der Waals surface area contributed by atoms with Gasteiger partial charge in [0.15, 0.2) is 0 Å². The predicted molar refractivity (Wildman–Crippen MR) is 97.6 cm³/mol. The van der Waals surface area contributed by atoms with Gasteiger partial charge in [-0.05, 0) is 50.0 Å². The summed E-state index contributed by atoms with van der Waals surface area (Å²) >= 11 is 0. The first-order valence-electron chi connectivity index (χ1n) is 9.32. The maximum Gasteiger partial charge on any atom is 0.237 e. The van der Waals surface area contributed by atoms with E-state index >= 15 is 0 Å². The van der Waals surface area contributed by atoms with Crippen molar-refractivity contribution in [1.82, 2.24) is 19.8 Å². The lowest BCUT2D eigenvalue weighted by Gasteiger charge is -2.28. The molecule has 25 heavy (non-hydrogen) atoms. The second-order valence-corrected chi connectivity index (χ2v) is 7.03. The highest BCUT2D eigenvalue weighted by Gasteiger charge is 2.36. The number of aromatic nitrogens is 2. The van der Waals surface area contributed by atoms with Crippen molar-refractivity contribution in [2.45, 2.75) is 44.8 Å². The summed E-state index contributed by atoms with van der Waals surface area (Å²) in [4.78, 5) is 13.5. The van der Waals surface area contributed by atoms with Crippen molar-refractivity contribution in [2.75, 3.05) is 19.6 Å². The Kier molecular flexibility index (Phi) is 4.95. The van der Waals surface area contributed by atoms with E-state index in [1.54, 1.807) is 18.6 Å². The number of ether oxygens (including phenoxy) is 1. The zero-order valence-electron chi connectivity index (χ0n) is 14.8. The molecular weight excluding hydrogens is 312 g/mol. The van der Waals surface area contributed by atoms with Crippen LogP contribution in [0.25, 0.3) is 0 Å². The Hall–Kier alpha value is -1.98. The van der Waals surface area contributed by atoms with Crippen LogP contribution in [-0.4, -0.2) is 51.5 Å². The van der Waals surface area contributed by atoms with E-state index in [2.05, 4.69) is 38.8 Å². The van der Waals surface area contributed by atoms with Gasteiger partial charge in [-0.2, -0.15) is 0 Å². The van der Waals surface area contributed by atoms with E-state index in [0.29, 0.717) is 11.9 Å². The van der Waals surface area contributed by atoms with Crippen molar-refractivity contribution in [2.24, 2.45) is 0 Å². The molecule has 0 N–H and O–H groups in total. The Bertz CT molecular complexity index is 676. The zero-order chi connectivity index (χ0) is 17.1. The third-order valence-electron chi connectivity index (χ3n) is 5.52. The smallest absolute Gasteiger partial charge is 0.237 e. The number of rotatable bonds is 5. The fourth-order valence-electron chi connectivity index (χ4n) is 4.12. The highest BCUT2D eigenvalue weighted by atomic mass is 16.5. The fourth-order valence-corrected chi connectivity index (χ4v) is 4.12. The molecule has 1 aromatic heterocycles. The summed E-state index contributed by atoms with van der Waals surface area (Å²) in [6.45, 7) is 6.96. The predicted octanol–water partition coefficient (Wildman–Crippen LogP) is 3.33. The molecule has 2 atom stereocenters. The Labute approximate surface area is 149 Å². The number of likely N-dealkylation sites (tertiary alicyclic amines) is 1. The maximum absolute atomic E-state index is 5.73. The van der Waals surface area contributed by atoms with Crippen LogP contribution in [0.5, 0.6) is 11.6 Å². The minimum Gasteiger partial charge on any atom is -0.438 e. The van der Waals surface area contributed by atoms with Crippen molar-refractivity contribution >= 4 is 0 Å². The summed E-state index contributed by atoms with van der Waals surface area (Å²) in [7, 11) is 0. The van der Waals surface area contributed by atoms with Crippen molar-refractivity contribution in [3.63, 3.8) is 0 Å². The van der Waals surface area contributed by atoms with E-state index in [1.807, 2.05) is 12.1 Å². The van der Waals surface area contributed by atoms with Gasteiger partial charge >= 0.3 is 0 Å². The third kappa shape index (κ3) is 3.83. The van der Waals surface area contributed by atoms with Gasteiger partial charge in [-0.3, -0.25) is 9.88 Å². The molecule has 0 aliphatic carbocycles. The number of hydrogen-bond acceptors (Lipinski definition) is 5. The Morgan fingerprint density at radius 1 is 1.08 bits per heavy atom. The molecule has 132 valence electrons. The van der Waals surface area contributed by atoms with Gasteiger partial charge in [0.2, 0.25) is 5.88 Å². The largest absolute Gasteiger partial charge is 0.438 e. The van der Waals surface area contributed by atoms with E-state index in [-0.39, 0.29) is 0 Å². The molecule has 0 saturated carbocycles. The van der Waals surface area contributed by atoms with E-state index in [0.717, 1.165) is 18.3 Å². The molecule has 5 heteroatoms. The van der Waals surface area contributed by atoms with E-state index in [4.69, 9.17) is 4.74 Å². The molecule has 2 saturated heterocycles. The van der Waals surface area contributed by atoms with Crippen LogP contribution in [0.3, 0.4) is 0 Å². The number of fused-ring (bicyclic) bond motifs is 2. The number of nitrogens with zero attached hydrogens (tertiary/aromatic N) is 4. The van der Waals surface area contributed by atoms with Crippen molar-refractivity contribution in [3.05, 3.63) is 48.4 Å². The SMILES string of the molecule is CCN1CCC2CCC(C1)N2Cc1ccc(Oc2cnccn2)cc1. The van der Waals surface area contributed by atoms with Gasteiger partial charge in [0.1, 0.15) is 5.75 Å². The third-order valence-corrected chi connectivity index (χ3v) is 5.52. The number of likely N-dealkylation sites (N-methyl/N-ethyl adjacent to an activating group) is 1. The van der Waals surface area contributed by atoms with Crippen LogP contribution in [-0.2, 0) is 6.54 Å². The van der Waals surface area contributed by atoms with Crippen molar-refractivity contribution < 1.29 is 4.74 Å². The Morgan fingerprint density at radius 2 is 1.92 bits per heavy atom. The van der Waals surface area contributed by atoms with Crippen LogP contribution in [0.4, 0.5) is 0 Å². The standard InChI is InChI=1S/C20H26N4O/c1-2-23-12-9-17-5-6-18(15-23)24(17)14-16-3-7-19(8-4-16)25-20-13-21-10-11-22-20/h3-4,7-8,10-11,13,17-18H,2,5-6,9,12,14-15H2,1H3. The monoisotopic (exact) mass is 338 g/mol. The van der Waals surface area contributed by atoms with Gasteiger partial charge in [0.25, 0.3) is 0 Å². The Morgan fingerprint density at radius 3 is 2.68 bits per heavy atom. The molecule has 2 fully saturated rings. The molecule has 0 spiro atoms. The number of hydrogen-bond donors (Lipinski definition) is 0. The Balaban J connectivity index is 1.41. The molecule has 4 rings (SSSR count). The van der Waals surface area contributed by atoms with Gasteiger partial charge in [-0.25, -0.2) is 4.98 Å². The minimum atomic E-state index is 0.528. The second-order valence-electron chi connectivity index (χ2n) is 7.03. The van der Waals surface area contributed by atoms with Crippen LogP contribution in [0.15, 0.2) is 42.9 Å². The van der Waals surface area contributed by atoms with Gasteiger partial charge in [0, 0.05) is 37.6 Å². The normalized spacial score (nSPS) is 24.2. The molecule has 2 aliphatic rings. The highest BCUT2D eigenvalue weighted by molar-refractivity contribution is 5.30. The van der Waals surface area contributed by atoms with E-state index in [1.165, 1.54) is 44.5 Å². The molecule has 3 heterocycles. The molecule has 2 bridgehead atoms. The molecule has 2 unspecified atom stereocenters. The quantitative estimate of drug-likeness (QED) is 0.836. The maximum atomic E-state index is 5.73. The van der Waals surface area contributed by atoms with Crippen LogP contribution < -0.4 is 4.74 Å². The van der Waals surface area contributed by atoms with Crippen LogP contribution >= 0.6 is 0 Å². The zero-order valence-corrected chi connectivity index (χ0v) is 14.8.